The van der Waals surface area contributed by atoms with Crippen LogP contribution in [0.15, 0.2) is 12.7 Å². The van der Waals surface area contributed by atoms with E-state index >= 15 is 0 Å². The van der Waals surface area contributed by atoms with Crippen LogP contribution in [0.3, 0.4) is 0 Å². The molecule has 0 heterocycles. The molecule has 0 aliphatic rings. The Labute approximate surface area is 40.3 Å². The molecule has 0 aromatic heterocycles. The van der Waals surface area contributed by atoms with E-state index in [1.165, 1.54) is 0 Å². The Balaban J connectivity index is -0.0000000200. The van der Waals surface area contributed by atoms with Crippen LogP contribution in [0, 0.1) is 0 Å². The maximum absolute atomic E-state index is 3.36. The molecular weight excluding hydrogens is 98.0 g/mol. The third-order valence-corrected chi connectivity index (χ3v) is 0. The summed E-state index contributed by atoms with van der Waals surface area (Å²) in [6, 6.07) is 0. The number of hydrogen-bond acceptors (Lipinski definition) is 0. The van der Waals surface area contributed by atoms with E-state index in [9.17, 15) is 0 Å². The van der Waals surface area contributed by atoms with Crippen LogP contribution in [-0.4, -0.2) is 0 Å². The predicted octanol–water partition coefficient (Wildman–Crippen LogP) is 1.31. The van der Waals surface area contributed by atoms with Crippen molar-refractivity contribution < 1.29 is 0 Å². The van der Waals surface area contributed by atoms with Crippen LogP contribution in [0.25, 0.3) is 0 Å². The molecule has 0 radical (unpaired) electrons. The normalized spacial score (nSPS) is 2.60. The van der Waals surface area contributed by atoms with Gasteiger partial charge in [0.25, 0.3) is 0 Å². The number of hydrogen-bond donors (Lipinski definition) is 0. The quantitative estimate of drug-likeness (QED) is 0.326. The fourth-order valence-electron chi connectivity index (χ4n) is 0. The molecule has 5 heavy (non-hydrogen) atoms. The standard InChI is InChI=1S/C3H6.2H3P/c1-3-2;;/h3H,1H2,2H3;2*1H3. The van der Waals surface area contributed by atoms with Crippen LogP contribution < -0.4 is 0 Å². The summed E-state index contributed by atoms with van der Waals surface area (Å²) in [4.78, 5) is 0. The van der Waals surface area contributed by atoms with Gasteiger partial charge < -0.3 is 0 Å². The van der Waals surface area contributed by atoms with Crippen LogP contribution in [0.5, 0.6) is 0 Å². The molecule has 0 aromatic rings. The minimum absolute atomic E-state index is 0. The van der Waals surface area contributed by atoms with Crippen molar-refractivity contribution in [3.63, 3.8) is 0 Å². The third kappa shape index (κ3) is 86.4. The fourth-order valence-corrected chi connectivity index (χ4v) is 0. The van der Waals surface area contributed by atoms with Crippen molar-refractivity contribution in [2.45, 2.75) is 6.92 Å². The average Bonchev–Trinajstić information content (AvgIpc) is 0.918. The molecule has 0 spiro atoms. The molecule has 0 bridgehead atoms. The molecule has 0 nitrogen and oxygen atoms in total. The Kier molecular flexibility index (Phi) is 81.6. The SMILES string of the molecule is C=CC.P.P. The Bertz CT molecular complexity index is 12.4. The van der Waals surface area contributed by atoms with E-state index in [2.05, 4.69) is 6.58 Å². The monoisotopic (exact) mass is 110 g/mol. The zero-order valence-corrected chi connectivity index (χ0v) is 6.53. The molecule has 2 atom stereocenters. The van der Waals surface area contributed by atoms with Gasteiger partial charge >= 0.3 is 0 Å². The lowest BCUT2D eigenvalue weighted by Gasteiger charge is -1.31. The highest BCUT2D eigenvalue weighted by Gasteiger charge is 1.15. The molecule has 34 valence electrons. The van der Waals surface area contributed by atoms with E-state index in [0.29, 0.717) is 0 Å². The highest BCUT2D eigenvalue weighted by atomic mass is 31.0. The maximum atomic E-state index is 3.36. The molecule has 2 heteroatoms. The lowest BCUT2D eigenvalue weighted by Crippen LogP contribution is -1.07. The summed E-state index contributed by atoms with van der Waals surface area (Å²) >= 11 is 0. The maximum Gasteiger partial charge on any atom is -0.0473 e. The molecule has 0 saturated carbocycles. The van der Waals surface area contributed by atoms with Gasteiger partial charge in [-0.1, -0.05) is 6.08 Å². The van der Waals surface area contributed by atoms with Gasteiger partial charge in [0.15, 0.2) is 0 Å². The third-order valence-electron chi connectivity index (χ3n) is 0. The summed E-state index contributed by atoms with van der Waals surface area (Å²) in [5.41, 5.74) is 0. The molecule has 0 fully saturated rings. The van der Waals surface area contributed by atoms with Gasteiger partial charge in [0.1, 0.15) is 0 Å². The van der Waals surface area contributed by atoms with Gasteiger partial charge in [-0.25, -0.2) is 0 Å². The first kappa shape index (κ1) is 17.5. The largest absolute Gasteiger partial charge is 0.153 e. The van der Waals surface area contributed by atoms with Gasteiger partial charge in [-0.3, -0.25) is 0 Å². The molecule has 2 unspecified atom stereocenters. The lowest BCUT2D eigenvalue weighted by molar-refractivity contribution is 1.80. The van der Waals surface area contributed by atoms with E-state index in [4.69, 9.17) is 0 Å². The Morgan fingerprint density at radius 2 is 1.40 bits per heavy atom. The molecule has 0 saturated heterocycles. The van der Waals surface area contributed by atoms with E-state index in [1.54, 1.807) is 6.08 Å². The molecule has 0 aromatic carbocycles. The van der Waals surface area contributed by atoms with Crippen LogP contribution in [-0.2, 0) is 0 Å². The smallest absolute Gasteiger partial charge is 0.0473 e. The van der Waals surface area contributed by atoms with E-state index in [1.807, 2.05) is 6.92 Å². The van der Waals surface area contributed by atoms with Crippen molar-refractivity contribution in [1.82, 2.24) is 0 Å². The summed E-state index contributed by atoms with van der Waals surface area (Å²) in [6.07, 6.45) is 1.75. The van der Waals surface area contributed by atoms with Crippen molar-refractivity contribution in [2.75, 3.05) is 0 Å². The highest BCUT2D eigenvalue weighted by Crippen LogP contribution is 1.38. The van der Waals surface area contributed by atoms with E-state index in [0.717, 1.165) is 0 Å². The van der Waals surface area contributed by atoms with Gasteiger partial charge in [-0.2, -0.15) is 19.8 Å². The second-order valence-corrected chi connectivity index (χ2v) is 0.408. The fraction of sp³-hybridized carbons (Fsp3) is 0.333. The summed E-state index contributed by atoms with van der Waals surface area (Å²) in [7, 11) is 0. The van der Waals surface area contributed by atoms with Crippen LogP contribution in [0.4, 0.5) is 0 Å². The van der Waals surface area contributed by atoms with Gasteiger partial charge in [-0.05, 0) is 6.92 Å². The molecule has 0 aliphatic carbocycles. The minimum atomic E-state index is 0. The molecule has 0 aliphatic heterocycles. The first-order valence-electron chi connectivity index (χ1n) is 0.986. The second kappa shape index (κ2) is 23.3. The number of allylic oxidation sites excluding steroid dienone is 1. The van der Waals surface area contributed by atoms with E-state index in [-0.39, 0.29) is 19.8 Å². The first-order chi connectivity index (χ1) is 1.41. The predicted molar refractivity (Wildman–Crippen MR) is 38.1 cm³/mol. The van der Waals surface area contributed by atoms with Crippen molar-refractivity contribution in [3.05, 3.63) is 12.7 Å². The Morgan fingerprint density at radius 3 is 1.40 bits per heavy atom. The van der Waals surface area contributed by atoms with Gasteiger partial charge in [-0.15, -0.1) is 6.58 Å². The minimum Gasteiger partial charge on any atom is -0.153 e. The van der Waals surface area contributed by atoms with Gasteiger partial charge in [0, 0.05) is 0 Å². The van der Waals surface area contributed by atoms with Crippen LogP contribution >= 0.6 is 19.8 Å². The highest BCUT2D eigenvalue weighted by molar-refractivity contribution is 6.92. The lowest BCUT2D eigenvalue weighted by atomic mass is 10.8. The van der Waals surface area contributed by atoms with Gasteiger partial charge in [0.2, 0.25) is 0 Å². The zero-order chi connectivity index (χ0) is 2.71. The van der Waals surface area contributed by atoms with E-state index < -0.39 is 0 Å². The summed E-state index contributed by atoms with van der Waals surface area (Å²) in [5, 5.41) is 0. The van der Waals surface area contributed by atoms with Crippen LogP contribution in [0.1, 0.15) is 6.92 Å². The summed E-state index contributed by atoms with van der Waals surface area (Å²) < 4.78 is 0. The second-order valence-electron chi connectivity index (χ2n) is 0.408. The molecule has 0 N–H and O–H groups in total. The van der Waals surface area contributed by atoms with Gasteiger partial charge in [0.05, 0.1) is 0 Å². The topological polar surface area (TPSA) is 0 Å². The Morgan fingerprint density at radius 1 is 1.40 bits per heavy atom. The molecular formula is C3H12P2. The van der Waals surface area contributed by atoms with Crippen LogP contribution in [0.2, 0.25) is 0 Å². The van der Waals surface area contributed by atoms with Crippen molar-refractivity contribution >= 4 is 19.8 Å². The zero-order valence-electron chi connectivity index (χ0n) is 3.70. The van der Waals surface area contributed by atoms with Crippen molar-refractivity contribution in [2.24, 2.45) is 0 Å². The first-order valence-corrected chi connectivity index (χ1v) is 0.986. The summed E-state index contributed by atoms with van der Waals surface area (Å²) in [5.74, 6) is 0. The molecule has 0 rings (SSSR count). The van der Waals surface area contributed by atoms with Crippen molar-refractivity contribution in [1.29, 1.82) is 0 Å². The number of rotatable bonds is 0. The average molecular weight is 110 g/mol. The van der Waals surface area contributed by atoms with Crippen molar-refractivity contribution in [3.8, 4) is 0 Å². The Hall–Kier alpha value is 0.600. The molecule has 0 amide bonds. The summed E-state index contributed by atoms with van der Waals surface area (Å²) in [6.45, 7) is 5.25.